The zero-order valence-corrected chi connectivity index (χ0v) is 27.3. The van der Waals surface area contributed by atoms with E-state index in [2.05, 4.69) is 174 Å². The van der Waals surface area contributed by atoms with Crippen LogP contribution < -0.4 is 15.0 Å². The number of fused-ring (bicyclic) bond motifs is 8. The molecule has 0 amide bonds. The average Bonchev–Trinajstić information content (AvgIpc) is 3.77. The van der Waals surface area contributed by atoms with Crippen LogP contribution in [0.4, 0.5) is 22.7 Å². The number of ether oxygens (including phenoxy) is 1. The van der Waals surface area contributed by atoms with Crippen LogP contribution in [0.15, 0.2) is 170 Å². The molecule has 3 nitrogen and oxygen atoms in total. The number of para-hydroxylation sites is 1. The van der Waals surface area contributed by atoms with E-state index >= 15 is 0 Å². The van der Waals surface area contributed by atoms with Gasteiger partial charge < -0.3 is 15.0 Å². The molecule has 0 spiro atoms. The molecule has 1 N–H and O–H groups in total. The highest BCUT2D eigenvalue weighted by molar-refractivity contribution is 7.25. The second-order valence-electron chi connectivity index (χ2n) is 12.6. The molecular formula is C45H30N2OS. The molecule has 0 radical (unpaired) electrons. The maximum atomic E-state index is 6.61. The number of nitrogens with zero attached hydrogens (tertiary/aromatic N) is 1. The van der Waals surface area contributed by atoms with Gasteiger partial charge in [-0.15, -0.1) is 11.3 Å². The molecule has 1 aliphatic rings. The Morgan fingerprint density at radius 3 is 2.10 bits per heavy atom. The fourth-order valence-corrected chi connectivity index (χ4v) is 8.39. The second kappa shape index (κ2) is 11.3. The standard InChI is InChI=1S/C45H30N2OS/c1-3-10-30(11-4-1)45-46-40-24-20-29-18-19-33-27-36(22-23-37(33)43(29)44(40)48-45)47(34-13-5-2-6-14-34)35-15-9-12-31(26-35)32-21-25-42-39(28-32)38-16-7-8-17-41(38)49-42/h1-28,45-46H. The highest BCUT2D eigenvalue weighted by atomic mass is 32.1. The van der Waals surface area contributed by atoms with Crippen LogP contribution in [0, 0.1) is 0 Å². The lowest BCUT2D eigenvalue weighted by Crippen LogP contribution is -2.10. The molecule has 232 valence electrons. The molecule has 9 aromatic rings. The zero-order valence-electron chi connectivity index (χ0n) is 26.5. The summed E-state index contributed by atoms with van der Waals surface area (Å²) < 4.78 is 9.25. The molecule has 4 heteroatoms. The summed E-state index contributed by atoms with van der Waals surface area (Å²) in [6, 6.07) is 61.0. The lowest BCUT2D eigenvalue weighted by molar-refractivity contribution is 0.263. The third-order valence-corrected chi connectivity index (χ3v) is 10.8. The molecule has 0 fully saturated rings. The maximum absolute atomic E-state index is 6.61. The molecule has 1 aromatic heterocycles. The molecule has 0 aliphatic carbocycles. The summed E-state index contributed by atoms with van der Waals surface area (Å²) in [5.74, 6) is 0.910. The predicted molar refractivity (Wildman–Crippen MR) is 208 cm³/mol. The second-order valence-corrected chi connectivity index (χ2v) is 13.7. The molecular weight excluding hydrogens is 617 g/mol. The summed E-state index contributed by atoms with van der Waals surface area (Å²) in [5, 5.41) is 10.9. The van der Waals surface area contributed by atoms with E-state index in [1.165, 1.54) is 36.7 Å². The smallest absolute Gasteiger partial charge is 0.196 e. The van der Waals surface area contributed by atoms with E-state index < -0.39 is 0 Å². The van der Waals surface area contributed by atoms with Gasteiger partial charge in [0.15, 0.2) is 12.0 Å². The van der Waals surface area contributed by atoms with Crippen LogP contribution in [-0.2, 0) is 0 Å². The molecule has 0 saturated carbocycles. The van der Waals surface area contributed by atoms with Crippen molar-refractivity contribution < 1.29 is 4.74 Å². The molecule has 0 bridgehead atoms. The van der Waals surface area contributed by atoms with Crippen molar-refractivity contribution in [1.29, 1.82) is 0 Å². The van der Waals surface area contributed by atoms with Crippen molar-refractivity contribution >= 4 is 75.8 Å². The summed E-state index contributed by atoms with van der Waals surface area (Å²) in [5.41, 5.74) is 7.86. The van der Waals surface area contributed by atoms with E-state index in [0.717, 1.165) is 50.2 Å². The van der Waals surface area contributed by atoms with Gasteiger partial charge in [0.1, 0.15) is 0 Å². The minimum absolute atomic E-state index is 0.212. The van der Waals surface area contributed by atoms with Gasteiger partial charge in [-0.2, -0.15) is 0 Å². The summed E-state index contributed by atoms with van der Waals surface area (Å²) in [6.45, 7) is 0. The Morgan fingerprint density at radius 1 is 0.490 bits per heavy atom. The molecule has 49 heavy (non-hydrogen) atoms. The minimum Gasteiger partial charge on any atom is -0.464 e. The first-order valence-corrected chi connectivity index (χ1v) is 17.4. The zero-order chi connectivity index (χ0) is 32.3. The van der Waals surface area contributed by atoms with Crippen LogP contribution in [0.2, 0.25) is 0 Å². The largest absolute Gasteiger partial charge is 0.464 e. The number of hydrogen-bond acceptors (Lipinski definition) is 4. The molecule has 2 heterocycles. The Morgan fingerprint density at radius 2 is 1.20 bits per heavy atom. The Kier molecular flexibility index (Phi) is 6.42. The lowest BCUT2D eigenvalue weighted by Gasteiger charge is -2.26. The van der Waals surface area contributed by atoms with Crippen LogP contribution >= 0.6 is 11.3 Å². The predicted octanol–water partition coefficient (Wildman–Crippen LogP) is 13.0. The van der Waals surface area contributed by atoms with Crippen LogP contribution in [0.5, 0.6) is 5.75 Å². The van der Waals surface area contributed by atoms with Gasteiger partial charge in [-0.05, 0) is 87.9 Å². The van der Waals surface area contributed by atoms with Crippen molar-refractivity contribution in [3.05, 3.63) is 175 Å². The highest BCUT2D eigenvalue weighted by Gasteiger charge is 2.26. The molecule has 1 unspecified atom stereocenters. The minimum atomic E-state index is -0.212. The maximum Gasteiger partial charge on any atom is 0.196 e. The summed E-state index contributed by atoms with van der Waals surface area (Å²) in [7, 11) is 0. The van der Waals surface area contributed by atoms with Crippen molar-refractivity contribution in [2.45, 2.75) is 6.23 Å². The quantitative estimate of drug-likeness (QED) is 0.188. The van der Waals surface area contributed by atoms with Crippen molar-refractivity contribution in [3.63, 3.8) is 0 Å². The lowest BCUT2D eigenvalue weighted by atomic mass is 9.99. The Balaban J connectivity index is 1.08. The van der Waals surface area contributed by atoms with E-state index in [9.17, 15) is 0 Å². The first-order chi connectivity index (χ1) is 24.3. The molecule has 8 aromatic carbocycles. The van der Waals surface area contributed by atoms with E-state index in [1.54, 1.807) is 0 Å². The highest BCUT2D eigenvalue weighted by Crippen LogP contribution is 2.47. The molecule has 10 rings (SSSR count). The first-order valence-electron chi connectivity index (χ1n) is 16.6. The van der Waals surface area contributed by atoms with E-state index in [-0.39, 0.29) is 6.23 Å². The Bertz CT molecular complexity index is 2680. The number of anilines is 4. The molecule has 1 aliphatic heterocycles. The van der Waals surface area contributed by atoms with Gasteiger partial charge in [0.05, 0.1) is 5.69 Å². The SMILES string of the molecule is c1ccc(C2Nc3ccc4ccc5cc(N(c6ccccc6)c6cccc(-c7ccc8sc9ccccc9c8c7)c6)ccc5c4c3O2)cc1. The number of rotatable bonds is 5. The number of thiophene rings is 1. The van der Waals surface area contributed by atoms with Gasteiger partial charge in [-0.3, -0.25) is 0 Å². The summed E-state index contributed by atoms with van der Waals surface area (Å²) >= 11 is 1.86. The number of benzene rings is 8. The van der Waals surface area contributed by atoms with Gasteiger partial charge in [-0.25, -0.2) is 0 Å². The van der Waals surface area contributed by atoms with Crippen molar-refractivity contribution in [2.24, 2.45) is 0 Å². The van der Waals surface area contributed by atoms with E-state index in [1.807, 2.05) is 17.4 Å². The van der Waals surface area contributed by atoms with Crippen LogP contribution in [0.1, 0.15) is 11.8 Å². The van der Waals surface area contributed by atoms with Crippen LogP contribution in [0.3, 0.4) is 0 Å². The van der Waals surface area contributed by atoms with Crippen molar-refractivity contribution in [2.75, 3.05) is 10.2 Å². The van der Waals surface area contributed by atoms with E-state index in [4.69, 9.17) is 4.74 Å². The monoisotopic (exact) mass is 646 g/mol. The van der Waals surface area contributed by atoms with Gasteiger partial charge >= 0.3 is 0 Å². The fraction of sp³-hybridized carbons (Fsp3) is 0.0222. The fourth-order valence-electron chi connectivity index (χ4n) is 7.31. The number of nitrogens with one attached hydrogen (secondary N) is 1. The summed E-state index contributed by atoms with van der Waals surface area (Å²) in [4.78, 5) is 2.35. The van der Waals surface area contributed by atoms with Crippen molar-refractivity contribution in [3.8, 4) is 16.9 Å². The van der Waals surface area contributed by atoms with Gasteiger partial charge in [-0.1, -0.05) is 109 Å². The van der Waals surface area contributed by atoms with Gasteiger partial charge in [0, 0.05) is 48.2 Å². The average molecular weight is 647 g/mol. The first kappa shape index (κ1) is 28.0. The Hall–Kier alpha value is -6.10. The number of hydrogen-bond donors (Lipinski definition) is 1. The van der Waals surface area contributed by atoms with Crippen LogP contribution in [0.25, 0.3) is 52.8 Å². The normalized spacial score (nSPS) is 13.8. The van der Waals surface area contributed by atoms with E-state index in [0.29, 0.717) is 0 Å². The molecule has 1 atom stereocenters. The topological polar surface area (TPSA) is 24.5 Å². The third-order valence-electron chi connectivity index (χ3n) is 9.65. The molecule has 0 saturated heterocycles. The third kappa shape index (κ3) is 4.72. The van der Waals surface area contributed by atoms with Gasteiger partial charge in [0.25, 0.3) is 0 Å². The van der Waals surface area contributed by atoms with Crippen molar-refractivity contribution in [1.82, 2.24) is 0 Å². The Labute approximate surface area is 288 Å². The van der Waals surface area contributed by atoms with Gasteiger partial charge in [0.2, 0.25) is 0 Å². The summed E-state index contributed by atoms with van der Waals surface area (Å²) in [6.07, 6.45) is -0.212. The van der Waals surface area contributed by atoms with Crippen LogP contribution in [-0.4, -0.2) is 0 Å².